The Bertz CT molecular complexity index is 917. The average molecular weight is 451 g/mol. The van der Waals surface area contributed by atoms with Gasteiger partial charge < -0.3 is 20.6 Å². The molecule has 0 amide bonds. The van der Waals surface area contributed by atoms with E-state index in [4.69, 9.17) is 0 Å². The number of hydrogen-bond acceptors (Lipinski definition) is 5. The van der Waals surface area contributed by atoms with Gasteiger partial charge in [-0.2, -0.15) is 0 Å². The zero-order valence-corrected chi connectivity index (χ0v) is 20.2. The quantitative estimate of drug-likeness (QED) is 0.505. The summed E-state index contributed by atoms with van der Waals surface area (Å²) < 4.78 is 4.54. The number of nitrogens with two attached hydrogens (primary N) is 1. The van der Waals surface area contributed by atoms with Gasteiger partial charge in [-0.3, -0.25) is 4.79 Å². The Morgan fingerprint density at radius 3 is 2.09 bits per heavy atom. The van der Waals surface area contributed by atoms with E-state index in [0.29, 0.717) is 12.1 Å². The molecular weight excluding hydrogens is 412 g/mol. The fourth-order valence-corrected chi connectivity index (χ4v) is 3.51. The summed E-state index contributed by atoms with van der Waals surface area (Å²) in [7, 11) is 3.18. The summed E-state index contributed by atoms with van der Waals surface area (Å²) in [6, 6.07) is 24.9. The Kier molecular flexibility index (Phi) is 14.3. The molecule has 1 saturated carbocycles. The largest absolute Gasteiger partial charge is 0.385 e. The number of aldehydes is 2. The maximum Gasteiger partial charge on any atom is 0.150 e. The fraction of sp³-hybridized carbons (Fsp3) is 0.357. The van der Waals surface area contributed by atoms with E-state index in [9.17, 15) is 9.59 Å². The first-order chi connectivity index (χ1) is 16.1. The van der Waals surface area contributed by atoms with Gasteiger partial charge in [-0.05, 0) is 50.1 Å². The van der Waals surface area contributed by atoms with Crippen LogP contribution in [-0.4, -0.2) is 39.4 Å². The van der Waals surface area contributed by atoms with E-state index in [1.54, 1.807) is 19.2 Å². The van der Waals surface area contributed by atoms with Crippen molar-refractivity contribution in [2.75, 3.05) is 20.8 Å². The van der Waals surface area contributed by atoms with E-state index in [-0.39, 0.29) is 5.92 Å². The predicted octanol–water partition coefficient (Wildman–Crippen LogP) is 5.19. The van der Waals surface area contributed by atoms with Gasteiger partial charge in [-0.1, -0.05) is 72.8 Å². The van der Waals surface area contributed by atoms with Crippen LogP contribution in [0.3, 0.4) is 0 Å². The molecular formula is C28H38N2O3. The number of methoxy groups -OCH3 is 1. The lowest BCUT2D eigenvalue weighted by Crippen LogP contribution is -2.42. The van der Waals surface area contributed by atoms with E-state index in [2.05, 4.69) is 65.2 Å². The van der Waals surface area contributed by atoms with Gasteiger partial charge in [-0.15, -0.1) is 0 Å². The Morgan fingerprint density at radius 2 is 1.55 bits per heavy atom. The topological polar surface area (TPSA) is 81.4 Å². The van der Waals surface area contributed by atoms with Crippen LogP contribution in [0.25, 0.3) is 10.8 Å². The summed E-state index contributed by atoms with van der Waals surface area (Å²) in [5.74, 6) is 0.275. The van der Waals surface area contributed by atoms with Gasteiger partial charge in [0, 0.05) is 37.3 Å². The standard InChI is InChI=1S/C17H19NO.C7H6O.C3H8O.CH5N/c1-12(18-15-9-13(10-15)11-19)16-8-4-6-14-5-2-3-7-17(14)16;8-6-7-4-2-1-3-5-7;1-3-4-2;1-2/h2-8,11-13,15,18H,9-10H2,1H3;1-6H;3H2,1-2H3;2H2,1H3. The smallest absolute Gasteiger partial charge is 0.150 e. The lowest BCUT2D eigenvalue weighted by atomic mass is 9.81. The number of nitrogens with one attached hydrogen (secondary N) is 1. The first-order valence-electron chi connectivity index (χ1n) is 11.4. The Hall–Kier alpha value is -2.86. The van der Waals surface area contributed by atoms with Crippen molar-refractivity contribution in [2.24, 2.45) is 11.7 Å². The van der Waals surface area contributed by atoms with Crippen molar-refractivity contribution in [2.45, 2.75) is 38.8 Å². The molecule has 0 heterocycles. The van der Waals surface area contributed by atoms with Crippen LogP contribution < -0.4 is 11.1 Å². The first-order valence-corrected chi connectivity index (χ1v) is 11.4. The molecule has 5 nitrogen and oxygen atoms in total. The van der Waals surface area contributed by atoms with Crippen molar-refractivity contribution >= 4 is 23.3 Å². The van der Waals surface area contributed by atoms with Gasteiger partial charge in [0.05, 0.1) is 0 Å². The molecule has 1 aliphatic carbocycles. The molecule has 3 aromatic carbocycles. The van der Waals surface area contributed by atoms with E-state index >= 15 is 0 Å². The molecule has 3 N–H and O–H groups in total. The molecule has 1 unspecified atom stereocenters. The van der Waals surface area contributed by atoms with E-state index in [0.717, 1.165) is 37.6 Å². The monoisotopic (exact) mass is 450 g/mol. The van der Waals surface area contributed by atoms with Crippen LogP contribution in [0.1, 0.15) is 48.7 Å². The maximum absolute atomic E-state index is 10.6. The Labute approximate surface area is 198 Å². The average Bonchev–Trinajstić information content (AvgIpc) is 2.87. The Morgan fingerprint density at radius 1 is 0.970 bits per heavy atom. The minimum atomic E-state index is 0.275. The number of hydrogen-bond donors (Lipinski definition) is 2. The maximum atomic E-state index is 10.6. The lowest BCUT2D eigenvalue weighted by molar-refractivity contribution is -0.113. The Balaban J connectivity index is 0.000000323. The number of carbonyl (C=O) groups excluding carboxylic acids is 2. The fourth-order valence-electron chi connectivity index (χ4n) is 3.51. The minimum Gasteiger partial charge on any atom is -0.385 e. The van der Waals surface area contributed by atoms with Crippen LogP contribution in [0.4, 0.5) is 0 Å². The molecule has 1 atom stereocenters. The van der Waals surface area contributed by atoms with Crippen LogP contribution in [0.5, 0.6) is 0 Å². The van der Waals surface area contributed by atoms with Crippen LogP contribution in [-0.2, 0) is 9.53 Å². The zero-order valence-electron chi connectivity index (χ0n) is 20.2. The molecule has 5 heteroatoms. The number of ether oxygens (including phenoxy) is 1. The number of benzene rings is 3. The molecule has 3 aromatic rings. The van der Waals surface area contributed by atoms with Crippen molar-refractivity contribution < 1.29 is 14.3 Å². The van der Waals surface area contributed by atoms with Crippen LogP contribution in [0, 0.1) is 5.92 Å². The molecule has 0 aliphatic heterocycles. The van der Waals surface area contributed by atoms with Crippen molar-refractivity contribution in [3.63, 3.8) is 0 Å². The third-order valence-corrected chi connectivity index (χ3v) is 5.37. The van der Waals surface area contributed by atoms with E-state index in [1.165, 1.54) is 23.4 Å². The van der Waals surface area contributed by atoms with Crippen molar-refractivity contribution in [1.29, 1.82) is 0 Å². The molecule has 1 fully saturated rings. The van der Waals surface area contributed by atoms with Gasteiger partial charge in [0.2, 0.25) is 0 Å². The molecule has 0 radical (unpaired) electrons. The first kappa shape index (κ1) is 28.2. The van der Waals surface area contributed by atoms with Gasteiger partial charge in [0.25, 0.3) is 0 Å². The van der Waals surface area contributed by atoms with E-state index in [1.807, 2.05) is 25.1 Å². The third-order valence-electron chi connectivity index (χ3n) is 5.37. The lowest BCUT2D eigenvalue weighted by Gasteiger charge is -2.35. The SMILES string of the molecule is CC(NC1CC(C=O)C1)c1cccc2ccccc12.CCOC.CN.O=Cc1ccccc1. The summed E-state index contributed by atoms with van der Waals surface area (Å²) in [5, 5.41) is 6.23. The second kappa shape index (κ2) is 16.7. The summed E-state index contributed by atoms with van der Waals surface area (Å²) in [6.07, 6.45) is 3.89. The second-order valence-corrected chi connectivity index (χ2v) is 7.63. The minimum absolute atomic E-state index is 0.275. The predicted molar refractivity (Wildman–Crippen MR) is 138 cm³/mol. The normalized spacial score (nSPS) is 16.9. The van der Waals surface area contributed by atoms with Crippen LogP contribution in [0.15, 0.2) is 72.8 Å². The van der Waals surface area contributed by atoms with E-state index < -0.39 is 0 Å². The van der Waals surface area contributed by atoms with Gasteiger partial charge in [0.15, 0.2) is 0 Å². The molecule has 0 saturated heterocycles. The number of carbonyl (C=O) groups is 2. The highest BCUT2D eigenvalue weighted by molar-refractivity contribution is 5.86. The molecule has 178 valence electrons. The summed E-state index contributed by atoms with van der Waals surface area (Å²) in [4.78, 5) is 20.6. The molecule has 1 aliphatic rings. The van der Waals surface area contributed by atoms with Crippen LogP contribution >= 0.6 is 0 Å². The van der Waals surface area contributed by atoms with Gasteiger partial charge in [0.1, 0.15) is 12.6 Å². The van der Waals surface area contributed by atoms with Crippen molar-refractivity contribution in [1.82, 2.24) is 5.32 Å². The summed E-state index contributed by atoms with van der Waals surface area (Å²) >= 11 is 0. The summed E-state index contributed by atoms with van der Waals surface area (Å²) in [6.45, 7) is 4.98. The third kappa shape index (κ3) is 9.66. The van der Waals surface area contributed by atoms with Gasteiger partial charge in [-0.25, -0.2) is 0 Å². The summed E-state index contributed by atoms with van der Waals surface area (Å²) in [5.41, 5.74) is 6.57. The number of fused-ring (bicyclic) bond motifs is 1. The molecule has 0 spiro atoms. The number of rotatable bonds is 6. The second-order valence-electron chi connectivity index (χ2n) is 7.63. The van der Waals surface area contributed by atoms with Crippen molar-refractivity contribution in [3.8, 4) is 0 Å². The van der Waals surface area contributed by atoms with Crippen LogP contribution in [0.2, 0.25) is 0 Å². The van der Waals surface area contributed by atoms with Crippen molar-refractivity contribution in [3.05, 3.63) is 83.9 Å². The van der Waals surface area contributed by atoms with Gasteiger partial charge >= 0.3 is 0 Å². The zero-order chi connectivity index (χ0) is 24.5. The highest BCUT2D eigenvalue weighted by Gasteiger charge is 2.29. The molecule has 0 bridgehead atoms. The molecule has 33 heavy (non-hydrogen) atoms. The molecule has 4 rings (SSSR count). The highest BCUT2D eigenvalue weighted by atomic mass is 16.5. The molecule has 0 aromatic heterocycles. The highest BCUT2D eigenvalue weighted by Crippen LogP contribution is 2.30.